The molecule has 0 unspecified atom stereocenters. The van der Waals surface area contributed by atoms with Crippen molar-refractivity contribution in [1.82, 2.24) is 0 Å². The summed E-state index contributed by atoms with van der Waals surface area (Å²) < 4.78 is 34.1. The second-order valence-electron chi connectivity index (χ2n) is 9.69. The van der Waals surface area contributed by atoms with Crippen LogP contribution in [0.2, 0.25) is 0 Å². The van der Waals surface area contributed by atoms with Crippen LogP contribution in [0, 0.1) is 0 Å². The molecule has 0 aromatic heterocycles. The van der Waals surface area contributed by atoms with Crippen LogP contribution in [0.5, 0.6) is 0 Å². The van der Waals surface area contributed by atoms with E-state index in [1.807, 2.05) is 0 Å². The number of unbranched alkanes of at least 4 members (excludes halogenated alkanes) is 5. The topological polar surface area (TPSA) is 209 Å². The van der Waals surface area contributed by atoms with E-state index in [0.29, 0.717) is 6.61 Å². The highest BCUT2D eigenvalue weighted by molar-refractivity contribution is 4.95. The van der Waals surface area contributed by atoms with Crippen molar-refractivity contribution in [3.05, 3.63) is 0 Å². The van der Waals surface area contributed by atoms with Crippen molar-refractivity contribution in [3.8, 4) is 0 Å². The molecule has 212 valence electrons. The quantitative estimate of drug-likeness (QED) is 0.112. The Morgan fingerprint density at radius 2 is 1.19 bits per heavy atom. The number of aliphatic hydroxyl groups excluding tert-OH is 5. The van der Waals surface area contributed by atoms with Crippen molar-refractivity contribution in [2.75, 3.05) is 26.4 Å². The third kappa shape index (κ3) is 7.32. The summed E-state index contributed by atoms with van der Waals surface area (Å²) in [7, 11) is 0. The molecule has 0 bridgehead atoms. The van der Waals surface area contributed by atoms with Crippen molar-refractivity contribution in [3.63, 3.8) is 0 Å². The molecule has 0 spiro atoms. The van der Waals surface area contributed by atoms with Gasteiger partial charge in [-0.3, -0.25) is 0 Å². The monoisotopic (exact) mass is 524 g/mol. The van der Waals surface area contributed by atoms with Crippen LogP contribution in [0.3, 0.4) is 0 Å². The Morgan fingerprint density at radius 3 is 1.81 bits per heavy atom. The normalized spacial score (nSPS) is 43.0. The lowest BCUT2D eigenvalue weighted by Gasteiger charge is -2.26. The number of hydrogen-bond donors (Lipinski definition) is 7. The van der Waals surface area contributed by atoms with Gasteiger partial charge in [0.15, 0.2) is 18.9 Å². The Kier molecular flexibility index (Phi) is 12.2. The number of ether oxygens (including phenoxy) is 6. The summed E-state index contributed by atoms with van der Waals surface area (Å²) in [5.41, 5.74) is 11.7. The minimum Gasteiger partial charge on any atom is -0.394 e. The first kappa shape index (κ1) is 30.0. The summed E-state index contributed by atoms with van der Waals surface area (Å²) in [4.78, 5) is 0. The van der Waals surface area contributed by atoms with Crippen LogP contribution in [0.4, 0.5) is 0 Å². The van der Waals surface area contributed by atoms with Crippen LogP contribution in [-0.2, 0) is 28.4 Å². The lowest BCUT2D eigenvalue weighted by molar-refractivity contribution is -0.227. The lowest BCUT2D eigenvalue weighted by Crippen LogP contribution is -2.46. The maximum atomic E-state index is 10.9. The number of nitrogens with two attached hydrogens (primary N) is 2. The zero-order valence-electron chi connectivity index (χ0n) is 20.8. The Bertz CT molecular complexity index is 635. The molecule has 0 amide bonds. The molecule has 3 saturated heterocycles. The second kappa shape index (κ2) is 14.6. The van der Waals surface area contributed by atoms with Crippen molar-refractivity contribution in [2.24, 2.45) is 11.5 Å². The third-order valence-electron chi connectivity index (χ3n) is 6.97. The van der Waals surface area contributed by atoms with Gasteiger partial charge in [-0.2, -0.15) is 0 Å². The minimum absolute atomic E-state index is 0.177. The molecule has 3 heterocycles. The van der Waals surface area contributed by atoms with E-state index in [4.69, 9.17) is 39.9 Å². The van der Waals surface area contributed by atoms with Crippen LogP contribution < -0.4 is 11.5 Å². The van der Waals surface area contributed by atoms with Crippen molar-refractivity contribution in [1.29, 1.82) is 0 Å². The Morgan fingerprint density at radius 1 is 0.667 bits per heavy atom. The van der Waals surface area contributed by atoms with Gasteiger partial charge >= 0.3 is 0 Å². The highest BCUT2D eigenvalue weighted by Crippen LogP contribution is 2.31. The third-order valence-corrected chi connectivity index (χ3v) is 6.97. The fourth-order valence-electron chi connectivity index (χ4n) is 4.64. The Hall–Kier alpha value is -0.520. The van der Waals surface area contributed by atoms with E-state index in [1.54, 1.807) is 0 Å². The SMILES string of the molecule is CCCCCCCCO[C@H]1O[C@H](CO[C@H]2O[C@H](CO)[C@@H](N)[C@@H]2O)[C@@H](O[C@H]2O[C@H](CO)[C@@H](N)[C@@H]2O)[C@@H]1O. The van der Waals surface area contributed by atoms with Gasteiger partial charge in [0, 0.05) is 6.61 Å². The van der Waals surface area contributed by atoms with Gasteiger partial charge < -0.3 is 65.4 Å². The smallest absolute Gasteiger partial charge is 0.186 e. The van der Waals surface area contributed by atoms with Crippen LogP contribution in [0.15, 0.2) is 0 Å². The van der Waals surface area contributed by atoms with Crippen LogP contribution >= 0.6 is 0 Å². The van der Waals surface area contributed by atoms with Gasteiger partial charge in [0.2, 0.25) is 0 Å². The highest BCUT2D eigenvalue weighted by atomic mass is 16.8. The summed E-state index contributed by atoms with van der Waals surface area (Å²) in [5.74, 6) is 0. The predicted octanol–water partition coefficient (Wildman–Crippen LogP) is -2.34. The molecule has 3 aliphatic heterocycles. The largest absolute Gasteiger partial charge is 0.394 e. The van der Waals surface area contributed by atoms with Gasteiger partial charge in [-0.25, -0.2) is 0 Å². The second-order valence-corrected chi connectivity index (χ2v) is 9.69. The average Bonchev–Trinajstić information content (AvgIpc) is 3.44. The van der Waals surface area contributed by atoms with Crippen LogP contribution in [-0.4, -0.2) is 126 Å². The average molecular weight is 525 g/mol. The number of rotatable bonds is 15. The predicted molar refractivity (Wildman–Crippen MR) is 124 cm³/mol. The highest BCUT2D eigenvalue weighted by Gasteiger charge is 2.51. The summed E-state index contributed by atoms with van der Waals surface area (Å²) in [5, 5.41) is 50.3. The molecule has 12 atom stereocenters. The van der Waals surface area contributed by atoms with Crippen molar-refractivity contribution in [2.45, 2.75) is 119 Å². The molecule has 36 heavy (non-hydrogen) atoms. The molecule has 0 aromatic rings. The first-order chi connectivity index (χ1) is 17.3. The summed E-state index contributed by atoms with van der Waals surface area (Å²) in [6, 6.07) is -1.69. The molecular formula is C23H44N2O11. The molecule has 9 N–H and O–H groups in total. The number of hydrogen-bond acceptors (Lipinski definition) is 13. The summed E-state index contributed by atoms with van der Waals surface area (Å²) in [6.07, 6.45) is -4.03. The van der Waals surface area contributed by atoms with Gasteiger partial charge in [0.1, 0.15) is 42.7 Å². The van der Waals surface area contributed by atoms with E-state index in [9.17, 15) is 25.5 Å². The first-order valence-electron chi connectivity index (χ1n) is 12.9. The first-order valence-corrected chi connectivity index (χ1v) is 12.9. The molecule has 0 radical (unpaired) electrons. The van der Waals surface area contributed by atoms with Crippen LogP contribution in [0.1, 0.15) is 45.4 Å². The van der Waals surface area contributed by atoms with Gasteiger partial charge in [-0.15, -0.1) is 0 Å². The zero-order chi connectivity index (χ0) is 26.2. The van der Waals surface area contributed by atoms with E-state index < -0.39 is 80.3 Å². The maximum absolute atomic E-state index is 10.9. The molecule has 13 heteroatoms. The molecule has 3 aliphatic rings. The fraction of sp³-hybridized carbons (Fsp3) is 1.00. The maximum Gasteiger partial charge on any atom is 0.186 e. The van der Waals surface area contributed by atoms with Gasteiger partial charge in [-0.05, 0) is 6.42 Å². The molecule has 0 saturated carbocycles. The fourth-order valence-corrected chi connectivity index (χ4v) is 4.64. The van der Waals surface area contributed by atoms with E-state index >= 15 is 0 Å². The minimum atomic E-state index is -1.24. The van der Waals surface area contributed by atoms with Gasteiger partial charge in [0.05, 0.1) is 31.9 Å². The molecule has 0 aromatic carbocycles. The van der Waals surface area contributed by atoms with E-state index in [2.05, 4.69) is 6.92 Å². The van der Waals surface area contributed by atoms with Crippen molar-refractivity contribution < 1.29 is 54.0 Å². The molecule has 3 fully saturated rings. The van der Waals surface area contributed by atoms with Gasteiger partial charge in [0.25, 0.3) is 0 Å². The molecule has 0 aliphatic carbocycles. The Balaban J connectivity index is 1.57. The standard InChI is InChI=1S/C23H44N2O11/c1-2-3-4-5-6-7-8-31-22-19(30)20(36-23-18(29)16(25)13(10-27)34-23)14(35-22)11-32-21-17(28)15(24)12(9-26)33-21/h12-23,26-30H,2-11,24-25H2,1H3/t12-,13-,14-,15-,16-,17+,18+,19+,20-,21+,22+,23-/m1/s1. The Labute approximate surface area is 211 Å². The van der Waals surface area contributed by atoms with E-state index in [-0.39, 0.29) is 13.2 Å². The zero-order valence-corrected chi connectivity index (χ0v) is 20.8. The van der Waals surface area contributed by atoms with Gasteiger partial charge in [-0.1, -0.05) is 39.0 Å². The van der Waals surface area contributed by atoms with Crippen molar-refractivity contribution >= 4 is 0 Å². The lowest BCUT2D eigenvalue weighted by atomic mass is 10.1. The summed E-state index contributed by atoms with van der Waals surface area (Å²) >= 11 is 0. The molecular weight excluding hydrogens is 480 g/mol. The van der Waals surface area contributed by atoms with E-state index in [0.717, 1.165) is 19.3 Å². The summed E-state index contributed by atoms with van der Waals surface area (Å²) in [6.45, 7) is 1.59. The molecule has 13 nitrogen and oxygen atoms in total. The van der Waals surface area contributed by atoms with E-state index in [1.165, 1.54) is 19.3 Å². The van der Waals surface area contributed by atoms with Crippen LogP contribution in [0.25, 0.3) is 0 Å². The molecule has 3 rings (SSSR count). The number of aliphatic hydroxyl groups is 5.